The van der Waals surface area contributed by atoms with Crippen molar-refractivity contribution in [3.05, 3.63) is 59.3 Å². The lowest BCUT2D eigenvalue weighted by molar-refractivity contribution is 0.158. The van der Waals surface area contributed by atoms with Gasteiger partial charge >= 0.3 is 0 Å². The molecule has 4 rings (SSSR count). The van der Waals surface area contributed by atoms with E-state index in [1.165, 1.54) is 24.1 Å². The minimum absolute atomic E-state index is 0.365. The van der Waals surface area contributed by atoms with Crippen LogP contribution in [0.1, 0.15) is 29.5 Å². The van der Waals surface area contributed by atoms with E-state index in [0.717, 1.165) is 31.6 Å². The first-order chi connectivity index (χ1) is 11.8. The van der Waals surface area contributed by atoms with Crippen molar-refractivity contribution < 1.29 is 0 Å². The Balaban J connectivity index is 1.43. The second-order valence-electron chi connectivity index (χ2n) is 6.82. The number of hydrogen-bond acceptors (Lipinski definition) is 4. The van der Waals surface area contributed by atoms with Crippen molar-refractivity contribution in [1.29, 1.82) is 5.26 Å². The van der Waals surface area contributed by atoms with E-state index in [0.29, 0.717) is 17.6 Å². The lowest BCUT2D eigenvalue weighted by Gasteiger charge is -2.37. The zero-order chi connectivity index (χ0) is 16.4. The minimum atomic E-state index is 0.365. The fraction of sp³-hybridized carbons (Fsp3) is 0.400. The van der Waals surface area contributed by atoms with E-state index in [2.05, 4.69) is 45.5 Å². The van der Waals surface area contributed by atoms with Gasteiger partial charge in [-0.15, -0.1) is 0 Å². The normalized spacial score (nSPS) is 21.2. The maximum atomic E-state index is 9.23. The van der Waals surface area contributed by atoms with Crippen molar-refractivity contribution in [2.75, 3.05) is 18.4 Å². The second-order valence-corrected chi connectivity index (χ2v) is 6.82. The van der Waals surface area contributed by atoms with Crippen molar-refractivity contribution in [2.45, 2.75) is 37.8 Å². The van der Waals surface area contributed by atoms with Crippen molar-refractivity contribution in [3.8, 4) is 6.07 Å². The summed E-state index contributed by atoms with van der Waals surface area (Å²) in [7, 11) is 0. The van der Waals surface area contributed by atoms with E-state index < -0.39 is 0 Å². The van der Waals surface area contributed by atoms with Crippen LogP contribution in [0, 0.1) is 11.3 Å². The highest BCUT2D eigenvalue weighted by molar-refractivity contribution is 5.51. The molecule has 1 N–H and O–H groups in total. The number of rotatable bonds is 3. The highest BCUT2D eigenvalue weighted by atomic mass is 15.2. The largest absolute Gasteiger partial charge is 0.365 e. The summed E-state index contributed by atoms with van der Waals surface area (Å²) in [6, 6.07) is 15.7. The number of aromatic nitrogens is 1. The van der Waals surface area contributed by atoms with Crippen LogP contribution < -0.4 is 5.32 Å². The number of piperidine rings is 1. The van der Waals surface area contributed by atoms with Crippen LogP contribution in [-0.2, 0) is 12.8 Å². The van der Waals surface area contributed by atoms with Crippen LogP contribution in [0.3, 0.4) is 0 Å². The average Bonchev–Trinajstić information content (AvgIpc) is 3.07. The first-order valence-electron chi connectivity index (χ1n) is 8.76. The third-order valence-corrected chi connectivity index (χ3v) is 5.27. The van der Waals surface area contributed by atoms with E-state index in [1.54, 1.807) is 6.20 Å². The standard InChI is InChI=1S/C20H22N4/c21-13-17-7-3-9-22-20(17)23-18-8-4-10-24(14-18)19-11-15-5-1-2-6-16(15)12-19/h1-3,5-7,9,18-19H,4,8,10-12,14H2,(H,22,23)/t18-/m0/s1. The lowest BCUT2D eigenvalue weighted by atomic mass is 10.0. The van der Waals surface area contributed by atoms with Gasteiger partial charge in [0.05, 0.1) is 5.56 Å². The zero-order valence-electron chi connectivity index (χ0n) is 13.8. The molecule has 0 spiro atoms. The Hall–Kier alpha value is -2.38. The van der Waals surface area contributed by atoms with Gasteiger partial charge in [0, 0.05) is 24.8 Å². The molecule has 0 amide bonds. The zero-order valence-corrected chi connectivity index (χ0v) is 13.8. The van der Waals surface area contributed by atoms with Gasteiger partial charge in [-0.3, -0.25) is 4.90 Å². The summed E-state index contributed by atoms with van der Waals surface area (Å²) >= 11 is 0. The number of nitrogens with zero attached hydrogens (tertiary/aromatic N) is 3. The number of likely N-dealkylation sites (tertiary alicyclic amines) is 1. The summed E-state index contributed by atoms with van der Waals surface area (Å²) in [4.78, 5) is 6.97. The van der Waals surface area contributed by atoms with E-state index in [-0.39, 0.29) is 0 Å². The van der Waals surface area contributed by atoms with E-state index in [9.17, 15) is 5.26 Å². The number of nitrogens with one attached hydrogen (secondary N) is 1. The molecule has 2 aromatic rings. The fourth-order valence-corrected chi connectivity index (χ4v) is 4.05. The van der Waals surface area contributed by atoms with E-state index >= 15 is 0 Å². The second kappa shape index (κ2) is 6.62. The molecule has 4 nitrogen and oxygen atoms in total. The van der Waals surface area contributed by atoms with Crippen molar-refractivity contribution in [2.24, 2.45) is 0 Å². The molecule has 24 heavy (non-hydrogen) atoms. The summed E-state index contributed by atoms with van der Waals surface area (Å²) in [6.45, 7) is 2.20. The van der Waals surface area contributed by atoms with Crippen molar-refractivity contribution in [1.82, 2.24) is 9.88 Å². The summed E-state index contributed by atoms with van der Waals surface area (Å²) < 4.78 is 0. The molecule has 1 fully saturated rings. The monoisotopic (exact) mass is 318 g/mol. The molecule has 0 radical (unpaired) electrons. The maximum Gasteiger partial charge on any atom is 0.144 e. The highest BCUT2D eigenvalue weighted by Crippen LogP contribution is 2.28. The number of fused-ring (bicyclic) bond motifs is 1. The summed E-state index contributed by atoms with van der Waals surface area (Å²) in [5, 5.41) is 12.7. The molecule has 1 aromatic heterocycles. The van der Waals surface area contributed by atoms with Crippen LogP contribution >= 0.6 is 0 Å². The van der Waals surface area contributed by atoms with Crippen LogP contribution in [-0.4, -0.2) is 35.1 Å². The number of nitriles is 1. The molecular weight excluding hydrogens is 296 g/mol. The summed E-state index contributed by atoms with van der Waals surface area (Å²) in [5.74, 6) is 0.724. The number of benzene rings is 1. The van der Waals surface area contributed by atoms with E-state index in [1.807, 2.05) is 12.1 Å². The molecule has 1 atom stereocenters. The fourth-order valence-electron chi connectivity index (χ4n) is 4.05. The van der Waals surface area contributed by atoms with Crippen LogP contribution in [0.2, 0.25) is 0 Å². The molecule has 2 aliphatic rings. The first-order valence-corrected chi connectivity index (χ1v) is 8.76. The predicted octanol–water partition coefficient (Wildman–Crippen LogP) is 3.00. The quantitative estimate of drug-likeness (QED) is 0.945. The highest BCUT2D eigenvalue weighted by Gasteiger charge is 2.30. The van der Waals surface area contributed by atoms with Crippen LogP contribution in [0.4, 0.5) is 5.82 Å². The molecule has 122 valence electrons. The van der Waals surface area contributed by atoms with Gasteiger partial charge < -0.3 is 5.32 Å². The number of anilines is 1. The summed E-state index contributed by atoms with van der Waals surface area (Å²) in [6.07, 6.45) is 6.40. The van der Waals surface area contributed by atoms with Gasteiger partial charge in [0.15, 0.2) is 0 Å². The number of hydrogen-bond donors (Lipinski definition) is 1. The third kappa shape index (κ3) is 3.00. The summed E-state index contributed by atoms with van der Waals surface area (Å²) in [5.41, 5.74) is 3.64. The molecule has 0 unspecified atom stereocenters. The average molecular weight is 318 g/mol. The van der Waals surface area contributed by atoms with E-state index in [4.69, 9.17) is 0 Å². The van der Waals surface area contributed by atoms with Gasteiger partial charge in [-0.2, -0.15) is 5.26 Å². The third-order valence-electron chi connectivity index (χ3n) is 5.27. The smallest absolute Gasteiger partial charge is 0.144 e. The molecule has 1 aromatic carbocycles. The van der Waals surface area contributed by atoms with Gasteiger partial charge in [0.1, 0.15) is 11.9 Å². The Morgan fingerprint density at radius 2 is 1.92 bits per heavy atom. The molecule has 2 heterocycles. The Bertz CT molecular complexity index is 739. The van der Waals surface area contributed by atoms with Gasteiger partial charge in [-0.25, -0.2) is 4.98 Å². The Morgan fingerprint density at radius 3 is 2.67 bits per heavy atom. The minimum Gasteiger partial charge on any atom is -0.365 e. The van der Waals surface area contributed by atoms with Crippen LogP contribution in [0.25, 0.3) is 0 Å². The van der Waals surface area contributed by atoms with Crippen molar-refractivity contribution in [3.63, 3.8) is 0 Å². The predicted molar refractivity (Wildman–Crippen MR) is 94.8 cm³/mol. The molecule has 1 aliphatic carbocycles. The topological polar surface area (TPSA) is 52.0 Å². The van der Waals surface area contributed by atoms with Crippen LogP contribution in [0.15, 0.2) is 42.6 Å². The SMILES string of the molecule is N#Cc1cccnc1N[C@H]1CCCN(C2Cc3ccccc3C2)C1. The molecule has 0 saturated carbocycles. The lowest BCUT2D eigenvalue weighted by Crippen LogP contribution is -2.47. The molecule has 0 bridgehead atoms. The van der Waals surface area contributed by atoms with Crippen LogP contribution in [0.5, 0.6) is 0 Å². The Morgan fingerprint density at radius 1 is 1.12 bits per heavy atom. The number of pyridine rings is 1. The molecular formula is C20H22N4. The van der Waals surface area contributed by atoms with Gasteiger partial charge in [-0.05, 0) is 55.5 Å². The van der Waals surface area contributed by atoms with Crippen molar-refractivity contribution >= 4 is 5.82 Å². The maximum absolute atomic E-state index is 9.23. The molecule has 1 saturated heterocycles. The first kappa shape index (κ1) is 15.2. The van der Waals surface area contributed by atoms with Gasteiger partial charge in [0.25, 0.3) is 0 Å². The Labute approximate surface area is 143 Å². The molecule has 1 aliphatic heterocycles. The van der Waals surface area contributed by atoms with Gasteiger partial charge in [-0.1, -0.05) is 24.3 Å². The Kier molecular flexibility index (Phi) is 4.18. The molecule has 4 heteroatoms. The van der Waals surface area contributed by atoms with Gasteiger partial charge in [0.2, 0.25) is 0 Å².